The van der Waals surface area contributed by atoms with Crippen LogP contribution in [0, 0.1) is 19.3 Å². The van der Waals surface area contributed by atoms with Crippen molar-refractivity contribution in [3.8, 4) is 11.5 Å². The van der Waals surface area contributed by atoms with Crippen molar-refractivity contribution in [2.45, 2.75) is 20.8 Å². The summed E-state index contributed by atoms with van der Waals surface area (Å²) in [5.41, 5.74) is 3.23. The Labute approximate surface area is 185 Å². The summed E-state index contributed by atoms with van der Waals surface area (Å²) < 4.78 is 11.6. The zero-order chi connectivity index (χ0) is 22.0. The largest absolute Gasteiger partial charge is 0.490 e. The van der Waals surface area contributed by atoms with Crippen molar-refractivity contribution in [3.63, 3.8) is 0 Å². The van der Waals surface area contributed by atoms with Gasteiger partial charge in [0.25, 0.3) is 5.91 Å². The molecule has 8 heteroatoms. The third-order valence-electron chi connectivity index (χ3n) is 4.70. The summed E-state index contributed by atoms with van der Waals surface area (Å²) in [6.07, 6.45) is 1.65. The quantitative estimate of drug-likeness (QED) is 0.538. The molecule has 0 atom stereocenters. The number of aryl methyl sites for hydroxylation is 2. The van der Waals surface area contributed by atoms with Crippen LogP contribution in [0.3, 0.4) is 0 Å². The van der Waals surface area contributed by atoms with Crippen molar-refractivity contribution < 1.29 is 14.3 Å². The van der Waals surface area contributed by atoms with E-state index in [0.29, 0.717) is 24.1 Å². The summed E-state index contributed by atoms with van der Waals surface area (Å²) in [5.74, 6) is 1.17. The summed E-state index contributed by atoms with van der Waals surface area (Å²) in [6, 6.07) is 13.4. The molecule has 0 fully saturated rings. The van der Waals surface area contributed by atoms with Crippen LogP contribution in [0.25, 0.3) is 6.08 Å². The van der Waals surface area contributed by atoms with Crippen LogP contribution >= 0.6 is 11.8 Å². The highest BCUT2D eigenvalue weighted by Gasteiger charge is 2.34. The minimum absolute atomic E-state index is 0.0308. The number of aliphatic imine (C=N–C) groups is 1. The third-order valence-corrected chi connectivity index (χ3v) is 5.52. The highest BCUT2D eigenvalue weighted by atomic mass is 32.2. The van der Waals surface area contributed by atoms with Gasteiger partial charge in [-0.1, -0.05) is 24.3 Å². The number of nitrogens with zero attached hydrogens (tertiary/aromatic N) is 3. The summed E-state index contributed by atoms with van der Waals surface area (Å²) >= 11 is 1.29. The predicted molar refractivity (Wildman–Crippen MR) is 124 cm³/mol. The second-order valence-electron chi connectivity index (χ2n) is 7.17. The highest BCUT2D eigenvalue weighted by molar-refractivity contribution is 8.26. The van der Waals surface area contributed by atoms with Gasteiger partial charge < -0.3 is 9.47 Å². The Morgan fingerprint density at radius 2 is 1.81 bits per heavy atom. The maximum atomic E-state index is 12.3. The number of ether oxygens (including phenoxy) is 2. The molecule has 2 aliphatic heterocycles. The lowest BCUT2D eigenvalue weighted by Crippen LogP contribution is -2.35. The lowest BCUT2D eigenvalue weighted by molar-refractivity contribution is -0.114. The van der Waals surface area contributed by atoms with Gasteiger partial charge >= 0.3 is 0 Å². The standard InChI is InChI=1S/C23H22N4O3S/c1-14-4-5-15(2)20(12-14)30-11-10-29-18-8-6-17(7-9-18)13-19-21(24)27-23(25-22(19)28)31-16(3)26-27/h4-9,12-13,24H,10-11H2,1-3H3/b19-13+,24-21?. The number of carbonyl (C=O) groups is 1. The number of benzene rings is 2. The van der Waals surface area contributed by atoms with Gasteiger partial charge in [0, 0.05) is 0 Å². The van der Waals surface area contributed by atoms with E-state index in [1.165, 1.54) is 16.8 Å². The topological polar surface area (TPSA) is 87.3 Å². The van der Waals surface area contributed by atoms with E-state index in [4.69, 9.17) is 14.9 Å². The van der Waals surface area contributed by atoms with Crippen LogP contribution < -0.4 is 9.47 Å². The van der Waals surface area contributed by atoms with Crippen LogP contribution in [0.2, 0.25) is 0 Å². The van der Waals surface area contributed by atoms with Gasteiger partial charge in [-0.3, -0.25) is 10.2 Å². The van der Waals surface area contributed by atoms with Crippen LogP contribution in [0.5, 0.6) is 11.5 Å². The molecule has 2 aromatic rings. The van der Waals surface area contributed by atoms with E-state index < -0.39 is 5.91 Å². The number of carbonyl (C=O) groups excluding carboxylic acids is 1. The van der Waals surface area contributed by atoms with E-state index in [0.717, 1.165) is 27.5 Å². The molecule has 31 heavy (non-hydrogen) atoms. The number of rotatable bonds is 6. The number of amidine groups is 2. The number of fused-ring (bicyclic) bond motifs is 1. The minimum atomic E-state index is -0.433. The summed E-state index contributed by atoms with van der Waals surface area (Å²) in [4.78, 5) is 16.4. The van der Waals surface area contributed by atoms with E-state index >= 15 is 0 Å². The first-order valence-electron chi connectivity index (χ1n) is 9.80. The number of hydrogen-bond acceptors (Lipinski definition) is 6. The summed E-state index contributed by atoms with van der Waals surface area (Å²) in [7, 11) is 0. The smallest absolute Gasteiger partial charge is 0.283 e. The van der Waals surface area contributed by atoms with Crippen LogP contribution in [0.15, 0.2) is 58.1 Å². The molecule has 2 heterocycles. The third kappa shape index (κ3) is 4.69. The lowest BCUT2D eigenvalue weighted by atomic mass is 10.1. The van der Waals surface area contributed by atoms with Crippen molar-refractivity contribution in [1.82, 2.24) is 5.01 Å². The van der Waals surface area contributed by atoms with Crippen molar-refractivity contribution in [2.24, 2.45) is 10.1 Å². The van der Waals surface area contributed by atoms with E-state index in [1.807, 2.05) is 57.2 Å². The van der Waals surface area contributed by atoms with Crippen molar-refractivity contribution in [3.05, 3.63) is 64.7 Å². The number of hydrazone groups is 1. The molecule has 2 aromatic carbocycles. The second kappa shape index (κ2) is 8.77. The van der Waals surface area contributed by atoms with Gasteiger partial charge in [-0.05, 0) is 73.5 Å². The van der Waals surface area contributed by atoms with E-state index in [2.05, 4.69) is 16.2 Å². The van der Waals surface area contributed by atoms with E-state index in [1.54, 1.807) is 6.08 Å². The molecule has 0 saturated carbocycles. The van der Waals surface area contributed by atoms with Gasteiger partial charge in [0.1, 0.15) is 24.7 Å². The van der Waals surface area contributed by atoms with Crippen molar-refractivity contribution in [1.29, 1.82) is 5.41 Å². The molecule has 158 valence electrons. The monoisotopic (exact) mass is 434 g/mol. The lowest BCUT2D eigenvalue weighted by Gasteiger charge is -2.20. The summed E-state index contributed by atoms with van der Waals surface area (Å²) in [6.45, 7) is 6.72. The normalized spacial score (nSPS) is 16.9. The maximum absolute atomic E-state index is 12.3. The van der Waals surface area contributed by atoms with Crippen LogP contribution in [-0.4, -0.2) is 40.2 Å². The van der Waals surface area contributed by atoms with Gasteiger partial charge in [-0.25, -0.2) is 0 Å². The predicted octanol–water partition coefficient (Wildman–Crippen LogP) is 4.40. The van der Waals surface area contributed by atoms with Crippen LogP contribution in [0.4, 0.5) is 0 Å². The molecule has 1 amide bonds. The summed E-state index contributed by atoms with van der Waals surface area (Å²) in [5, 5.41) is 15.1. The molecule has 1 N–H and O–H groups in total. The van der Waals surface area contributed by atoms with Gasteiger partial charge in [0.2, 0.25) is 5.17 Å². The Morgan fingerprint density at radius 3 is 2.58 bits per heavy atom. The molecule has 0 unspecified atom stereocenters. The molecule has 0 aliphatic carbocycles. The van der Waals surface area contributed by atoms with Crippen molar-refractivity contribution >= 4 is 39.8 Å². The molecule has 7 nitrogen and oxygen atoms in total. The Bertz CT molecular complexity index is 1140. The van der Waals surface area contributed by atoms with E-state index in [-0.39, 0.29) is 11.4 Å². The molecular formula is C23H22N4O3S. The Balaban J connectivity index is 1.36. The second-order valence-corrected chi connectivity index (χ2v) is 8.33. The molecule has 2 aliphatic rings. The van der Waals surface area contributed by atoms with Gasteiger partial charge in [-0.2, -0.15) is 15.1 Å². The zero-order valence-corrected chi connectivity index (χ0v) is 18.3. The minimum Gasteiger partial charge on any atom is -0.490 e. The first-order chi connectivity index (χ1) is 14.9. The van der Waals surface area contributed by atoms with Gasteiger partial charge in [0.05, 0.1) is 10.6 Å². The molecule has 0 aromatic heterocycles. The molecule has 4 rings (SSSR count). The number of thioether (sulfide) groups is 1. The van der Waals surface area contributed by atoms with Gasteiger partial charge in [0.15, 0.2) is 5.84 Å². The number of amides is 1. The fraction of sp³-hybridized carbons (Fsp3) is 0.217. The maximum Gasteiger partial charge on any atom is 0.283 e. The van der Waals surface area contributed by atoms with E-state index in [9.17, 15) is 4.79 Å². The number of nitrogens with one attached hydrogen (secondary N) is 1. The fourth-order valence-electron chi connectivity index (χ4n) is 3.09. The van der Waals surface area contributed by atoms with Crippen LogP contribution in [0.1, 0.15) is 23.6 Å². The fourth-order valence-corrected chi connectivity index (χ4v) is 3.82. The highest BCUT2D eigenvalue weighted by Crippen LogP contribution is 2.28. The molecule has 0 spiro atoms. The average molecular weight is 435 g/mol. The first-order valence-corrected chi connectivity index (χ1v) is 10.6. The zero-order valence-electron chi connectivity index (χ0n) is 17.5. The molecule has 0 radical (unpaired) electrons. The number of hydrogen-bond donors (Lipinski definition) is 1. The Hall–Kier alpha value is -3.39. The van der Waals surface area contributed by atoms with Crippen LogP contribution in [-0.2, 0) is 4.79 Å². The van der Waals surface area contributed by atoms with Crippen molar-refractivity contribution in [2.75, 3.05) is 13.2 Å². The van der Waals surface area contributed by atoms with Gasteiger partial charge in [-0.15, -0.1) is 0 Å². The molecule has 0 saturated heterocycles. The molecule has 0 bridgehead atoms. The Morgan fingerprint density at radius 1 is 1.06 bits per heavy atom. The first kappa shape index (κ1) is 20.9. The molecular weight excluding hydrogens is 412 g/mol. The SMILES string of the molecule is CC1=NN2C(=N)/C(=C\c3ccc(OCCOc4cc(C)ccc4C)cc3)C(=O)N=C2S1. The Kier molecular flexibility index (Phi) is 5.90. The average Bonchev–Trinajstić information content (AvgIpc) is 3.12.